The third-order valence-electron chi connectivity index (χ3n) is 7.57. The number of ketones is 1. The number of anilines is 1. The van der Waals surface area contributed by atoms with Gasteiger partial charge in [0.1, 0.15) is 17.6 Å². The van der Waals surface area contributed by atoms with Crippen LogP contribution in [-0.4, -0.2) is 26.5 Å². The van der Waals surface area contributed by atoms with Crippen LogP contribution < -0.4 is 8.91 Å². The summed E-state index contributed by atoms with van der Waals surface area (Å²) in [4.78, 5) is 31.6. The molecule has 1 aliphatic heterocycles. The number of pyridine rings is 1. The first-order chi connectivity index (χ1) is 20.0. The number of cyclic esters (lactones) is 1. The molecular formula is C33H37N3O5S. The van der Waals surface area contributed by atoms with Gasteiger partial charge in [-0.05, 0) is 54.0 Å². The van der Waals surface area contributed by atoms with Gasteiger partial charge < -0.3 is 8.92 Å². The summed E-state index contributed by atoms with van der Waals surface area (Å²) < 4.78 is 27.0. The van der Waals surface area contributed by atoms with E-state index in [4.69, 9.17) is 14.2 Å². The van der Waals surface area contributed by atoms with Crippen LogP contribution in [0.15, 0.2) is 72.9 Å². The Kier molecular flexibility index (Phi) is 9.79. The molecule has 0 radical (unpaired) electrons. The quantitative estimate of drug-likeness (QED) is 0.202. The van der Waals surface area contributed by atoms with E-state index in [1.54, 1.807) is 18.2 Å². The van der Waals surface area contributed by atoms with Crippen molar-refractivity contribution in [2.45, 2.75) is 71.3 Å². The lowest BCUT2D eigenvalue weighted by Crippen LogP contribution is -2.51. The van der Waals surface area contributed by atoms with E-state index in [1.165, 1.54) is 18.3 Å². The molecule has 220 valence electrons. The molecule has 0 bridgehead atoms. The fraction of sp³-hybridized carbons (Fsp3) is 0.394. The Morgan fingerprint density at radius 1 is 1.12 bits per heavy atom. The largest absolute Gasteiger partial charge is 0.458 e. The number of nitrogens with one attached hydrogen (secondary N) is 1. The molecule has 1 N–H and O–H groups in total. The monoisotopic (exact) mass is 587 g/mol. The van der Waals surface area contributed by atoms with Crippen LogP contribution in [0.5, 0.6) is 5.88 Å². The maximum absolute atomic E-state index is 13.9. The minimum atomic E-state index is -1.98. The molecular weight excluding hydrogens is 550 g/mol. The summed E-state index contributed by atoms with van der Waals surface area (Å²) in [5.41, 5.74) is 1.48. The first-order valence-electron chi connectivity index (χ1n) is 14.2. The van der Waals surface area contributed by atoms with E-state index >= 15 is 0 Å². The molecule has 0 saturated carbocycles. The van der Waals surface area contributed by atoms with Gasteiger partial charge in [0, 0.05) is 30.3 Å². The maximum Gasteiger partial charge on any atom is 0.317 e. The van der Waals surface area contributed by atoms with Gasteiger partial charge in [0.25, 0.3) is 0 Å². The van der Waals surface area contributed by atoms with Crippen molar-refractivity contribution in [1.29, 1.82) is 5.26 Å². The molecule has 2 aromatic carbocycles. The zero-order valence-electron chi connectivity index (χ0n) is 24.5. The highest BCUT2D eigenvalue weighted by atomic mass is 32.2. The number of nitrogens with zero attached hydrogens (tertiary/aromatic N) is 2. The van der Waals surface area contributed by atoms with Crippen molar-refractivity contribution in [2.75, 3.05) is 4.72 Å². The highest BCUT2D eigenvalue weighted by Gasteiger charge is 2.51. The molecule has 4 atom stereocenters. The lowest BCUT2D eigenvalue weighted by molar-refractivity contribution is -0.182. The Labute approximate surface area is 250 Å². The van der Waals surface area contributed by atoms with Gasteiger partial charge in [0.2, 0.25) is 5.88 Å². The zero-order chi connectivity index (χ0) is 30.3. The molecule has 0 aliphatic carbocycles. The molecule has 3 aromatic rings. The molecule has 2 unspecified atom stereocenters. The number of ether oxygens (including phenoxy) is 1. The second-order valence-electron chi connectivity index (χ2n) is 11.8. The van der Waals surface area contributed by atoms with Gasteiger partial charge in [0.05, 0.1) is 5.56 Å². The van der Waals surface area contributed by atoms with E-state index in [9.17, 15) is 13.8 Å². The third kappa shape index (κ3) is 7.62. The molecule has 8 nitrogen and oxygen atoms in total. The van der Waals surface area contributed by atoms with Crippen LogP contribution in [-0.2, 0) is 32.0 Å². The van der Waals surface area contributed by atoms with Crippen molar-refractivity contribution in [2.24, 2.45) is 11.3 Å². The van der Waals surface area contributed by atoms with E-state index in [1.807, 2.05) is 70.2 Å². The number of esters is 1. The number of Topliss-reactive ketones (excluding diaryl/α,β-unsaturated/α-hetero) is 1. The van der Waals surface area contributed by atoms with Crippen LogP contribution >= 0.6 is 0 Å². The van der Waals surface area contributed by atoms with E-state index in [-0.39, 0.29) is 18.1 Å². The summed E-state index contributed by atoms with van der Waals surface area (Å²) in [5, 5.41) is 8.92. The molecule has 1 aliphatic rings. The number of carbonyl (C=O) groups excluding carboxylic acids is 2. The third-order valence-corrected chi connectivity index (χ3v) is 8.30. The molecule has 0 spiro atoms. The highest BCUT2D eigenvalue weighted by molar-refractivity contribution is 7.81. The van der Waals surface area contributed by atoms with E-state index in [0.717, 1.165) is 24.0 Å². The number of hydrogen-bond donors (Lipinski definition) is 1. The van der Waals surface area contributed by atoms with E-state index in [0.29, 0.717) is 24.1 Å². The fourth-order valence-corrected chi connectivity index (χ4v) is 6.36. The zero-order valence-corrected chi connectivity index (χ0v) is 25.3. The number of aromatic nitrogens is 1. The number of benzene rings is 2. The van der Waals surface area contributed by atoms with Crippen molar-refractivity contribution in [3.63, 3.8) is 0 Å². The predicted octanol–water partition coefficient (Wildman–Crippen LogP) is 6.46. The normalized spacial score (nSPS) is 20.2. The number of hydrogen-bond acceptors (Lipinski definition) is 7. The molecule has 1 aromatic heterocycles. The van der Waals surface area contributed by atoms with Crippen molar-refractivity contribution in [1.82, 2.24) is 4.98 Å². The maximum atomic E-state index is 13.9. The number of rotatable bonds is 11. The second kappa shape index (κ2) is 13.3. The van der Waals surface area contributed by atoms with Crippen LogP contribution in [0.3, 0.4) is 0 Å². The van der Waals surface area contributed by atoms with Gasteiger partial charge in [-0.1, -0.05) is 76.6 Å². The standard InChI is InChI=1S/C33H37N3O5S/c1-5-17-33(18-16-23-10-7-6-8-11-23)20-27(37)29(31(38)40-33)30(32(2,3)4)25-12-9-13-26(19-25)36-42(39)41-28-15-14-24(21-34)22-35-28/h6-15,19,22,29-30,36H,5,16-18,20H2,1-4H3/t29?,30-,33+,42?/m1/s1. The van der Waals surface area contributed by atoms with E-state index in [2.05, 4.69) is 9.71 Å². The first-order valence-corrected chi connectivity index (χ1v) is 15.2. The van der Waals surface area contributed by atoms with Crippen molar-refractivity contribution in [3.8, 4) is 11.9 Å². The van der Waals surface area contributed by atoms with Crippen LogP contribution in [0.2, 0.25) is 0 Å². The number of nitriles is 1. The van der Waals surface area contributed by atoms with Gasteiger partial charge in [-0.3, -0.25) is 14.3 Å². The SMILES string of the molecule is CCC[C@]1(CCc2ccccc2)CC(=O)C([C@@H](c2cccc(NS(=O)Oc3ccc(C#N)cn3)c2)C(C)(C)C)C(=O)O1. The van der Waals surface area contributed by atoms with Gasteiger partial charge >= 0.3 is 17.2 Å². The first kappa shape index (κ1) is 30.9. The Balaban J connectivity index is 1.53. The van der Waals surface area contributed by atoms with Crippen LogP contribution in [0.1, 0.15) is 76.0 Å². The minimum Gasteiger partial charge on any atom is -0.458 e. The molecule has 42 heavy (non-hydrogen) atoms. The Bertz CT molecular complexity index is 1440. The van der Waals surface area contributed by atoms with Gasteiger partial charge in [0.15, 0.2) is 5.78 Å². The van der Waals surface area contributed by atoms with Crippen molar-refractivity contribution >= 4 is 28.7 Å². The molecule has 0 amide bonds. The molecule has 2 heterocycles. The average Bonchev–Trinajstić information content (AvgIpc) is 2.94. The number of aryl methyl sites for hydroxylation is 1. The lowest BCUT2D eigenvalue weighted by atomic mass is 9.65. The minimum absolute atomic E-state index is 0.0990. The molecule has 1 fully saturated rings. The van der Waals surface area contributed by atoms with Crippen LogP contribution in [0.25, 0.3) is 0 Å². The smallest absolute Gasteiger partial charge is 0.317 e. The van der Waals surface area contributed by atoms with Crippen LogP contribution in [0, 0.1) is 22.7 Å². The highest BCUT2D eigenvalue weighted by Crippen LogP contribution is 2.47. The molecule has 1 saturated heterocycles. The molecule has 4 rings (SSSR count). The summed E-state index contributed by atoms with van der Waals surface area (Å²) >= 11 is -1.98. The Morgan fingerprint density at radius 2 is 1.88 bits per heavy atom. The average molecular weight is 588 g/mol. The fourth-order valence-electron chi connectivity index (χ4n) is 5.75. The van der Waals surface area contributed by atoms with Crippen molar-refractivity contribution < 1.29 is 22.7 Å². The van der Waals surface area contributed by atoms with Crippen LogP contribution in [0.4, 0.5) is 5.69 Å². The summed E-state index contributed by atoms with van der Waals surface area (Å²) in [6.45, 7) is 8.04. The topological polar surface area (TPSA) is 118 Å². The summed E-state index contributed by atoms with van der Waals surface area (Å²) in [7, 11) is 0. The van der Waals surface area contributed by atoms with Gasteiger partial charge in [-0.15, -0.1) is 0 Å². The summed E-state index contributed by atoms with van der Waals surface area (Å²) in [6.07, 6.45) is 4.26. The Morgan fingerprint density at radius 3 is 2.50 bits per heavy atom. The predicted molar refractivity (Wildman–Crippen MR) is 162 cm³/mol. The van der Waals surface area contributed by atoms with E-state index < -0.39 is 40.1 Å². The van der Waals surface area contributed by atoms with Crippen molar-refractivity contribution in [3.05, 3.63) is 89.6 Å². The number of carbonyl (C=O) groups is 2. The molecule has 9 heteroatoms. The second-order valence-corrected chi connectivity index (χ2v) is 12.7. The lowest BCUT2D eigenvalue weighted by Gasteiger charge is -2.44. The summed E-state index contributed by atoms with van der Waals surface area (Å²) in [6, 6.07) is 22.1. The van der Waals surface area contributed by atoms with Gasteiger partial charge in [-0.25, -0.2) is 4.98 Å². The van der Waals surface area contributed by atoms with Gasteiger partial charge in [-0.2, -0.15) is 9.47 Å². The summed E-state index contributed by atoms with van der Waals surface area (Å²) in [5.74, 6) is -1.91. The Hall–Kier alpha value is -4.03.